The predicted molar refractivity (Wildman–Crippen MR) is 82.0 cm³/mol. The largest absolute Gasteiger partial charge is 0.386 e. The maximum absolute atomic E-state index is 10.6. The molecule has 5 heteroatoms. The van der Waals surface area contributed by atoms with E-state index in [4.69, 9.17) is 0 Å². The molecule has 1 N–H and O–H groups in total. The standard InChI is InChI=1S/C16H20N4O/c1-4-20-12(9-11(2)17-20)10-15(21)16-13-7-5-6-8-14(13)19(3)18-16/h5-9,15,21H,4,10H2,1-3H3. The lowest BCUT2D eigenvalue weighted by Gasteiger charge is -2.10. The number of nitrogens with zero attached hydrogens (tertiary/aromatic N) is 4. The Morgan fingerprint density at radius 1 is 1.24 bits per heavy atom. The molecular formula is C16H20N4O. The predicted octanol–water partition coefficient (Wildman–Crippen LogP) is 2.37. The highest BCUT2D eigenvalue weighted by molar-refractivity contribution is 5.82. The van der Waals surface area contributed by atoms with Gasteiger partial charge >= 0.3 is 0 Å². The highest BCUT2D eigenvalue weighted by Crippen LogP contribution is 2.25. The molecule has 0 saturated carbocycles. The molecule has 110 valence electrons. The average molecular weight is 284 g/mol. The molecular weight excluding hydrogens is 264 g/mol. The summed E-state index contributed by atoms with van der Waals surface area (Å²) < 4.78 is 3.75. The van der Waals surface area contributed by atoms with Crippen LogP contribution in [0.1, 0.15) is 30.1 Å². The van der Waals surface area contributed by atoms with Crippen molar-refractivity contribution in [1.82, 2.24) is 19.6 Å². The van der Waals surface area contributed by atoms with Crippen LogP contribution < -0.4 is 0 Å². The molecule has 3 aromatic rings. The smallest absolute Gasteiger partial charge is 0.104 e. The van der Waals surface area contributed by atoms with Crippen LogP contribution in [0.15, 0.2) is 30.3 Å². The zero-order chi connectivity index (χ0) is 15.0. The van der Waals surface area contributed by atoms with Gasteiger partial charge < -0.3 is 5.11 Å². The zero-order valence-electron chi connectivity index (χ0n) is 12.6. The van der Waals surface area contributed by atoms with Gasteiger partial charge in [0.05, 0.1) is 16.9 Å². The van der Waals surface area contributed by atoms with Gasteiger partial charge in [0, 0.05) is 31.1 Å². The number of benzene rings is 1. The Kier molecular flexibility index (Phi) is 3.51. The summed E-state index contributed by atoms with van der Waals surface area (Å²) in [6.07, 6.45) is -0.104. The van der Waals surface area contributed by atoms with Gasteiger partial charge in [-0.2, -0.15) is 10.2 Å². The lowest BCUT2D eigenvalue weighted by atomic mass is 10.1. The minimum atomic E-state index is -0.627. The highest BCUT2D eigenvalue weighted by Gasteiger charge is 2.18. The van der Waals surface area contributed by atoms with E-state index in [1.165, 1.54) is 0 Å². The molecule has 2 heterocycles. The number of para-hydroxylation sites is 1. The summed E-state index contributed by atoms with van der Waals surface area (Å²) in [7, 11) is 1.90. The minimum absolute atomic E-state index is 0.523. The summed E-state index contributed by atoms with van der Waals surface area (Å²) in [6, 6.07) is 10.00. The molecule has 1 aromatic carbocycles. The first-order chi connectivity index (χ1) is 10.1. The lowest BCUT2D eigenvalue weighted by molar-refractivity contribution is 0.171. The Morgan fingerprint density at radius 3 is 2.76 bits per heavy atom. The summed E-state index contributed by atoms with van der Waals surface area (Å²) in [5.74, 6) is 0. The average Bonchev–Trinajstić information content (AvgIpc) is 3.00. The van der Waals surface area contributed by atoms with Gasteiger partial charge in [0.2, 0.25) is 0 Å². The fraction of sp³-hybridized carbons (Fsp3) is 0.375. The van der Waals surface area contributed by atoms with Crippen LogP contribution in [0, 0.1) is 6.92 Å². The van der Waals surface area contributed by atoms with Crippen molar-refractivity contribution in [3.05, 3.63) is 47.4 Å². The third kappa shape index (κ3) is 2.45. The van der Waals surface area contributed by atoms with Crippen LogP contribution in [-0.2, 0) is 20.0 Å². The van der Waals surface area contributed by atoms with E-state index in [2.05, 4.69) is 17.1 Å². The molecule has 0 bridgehead atoms. The van der Waals surface area contributed by atoms with Gasteiger partial charge in [-0.3, -0.25) is 9.36 Å². The monoisotopic (exact) mass is 284 g/mol. The van der Waals surface area contributed by atoms with Crippen LogP contribution in [0.3, 0.4) is 0 Å². The summed E-state index contributed by atoms with van der Waals surface area (Å²) in [5.41, 5.74) is 3.78. The first-order valence-electron chi connectivity index (χ1n) is 7.23. The third-order valence-corrected chi connectivity index (χ3v) is 3.79. The van der Waals surface area contributed by atoms with E-state index >= 15 is 0 Å². The second-order valence-corrected chi connectivity index (χ2v) is 5.34. The second-order valence-electron chi connectivity index (χ2n) is 5.34. The quantitative estimate of drug-likeness (QED) is 0.800. The maximum Gasteiger partial charge on any atom is 0.104 e. The Bertz CT molecular complexity index is 772. The topological polar surface area (TPSA) is 55.9 Å². The van der Waals surface area contributed by atoms with Crippen molar-refractivity contribution >= 4 is 10.9 Å². The molecule has 21 heavy (non-hydrogen) atoms. The molecule has 2 aromatic heterocycles. The minimum Gasteiger partial charge on any atom is -0.386 e. The Balaban J connectivity index is 1.95. The van der Waals surface area contributed by atoms with Gasteiger partial charge in [0.25, 0.3) is 0 Å². The summed E-state index contributed by atoms with van der Waals surface area (Å²) in [5, 5.41) is 20.5. The maximum atomic E-state index is 10.6. The summed E-state index contributed by atoms with van der Waals surface area (Å²) in [4.78, 5) is 0. The van der Waals surface area contributed by atoms with Crippen molar-refractivity contribution in [3.63, 3.8) is 0 Å². The molecule has 0 saturated heterocycles. The van der Waals surface area contributed by atoms with Crippen molar-refractivity contribution in [1.29, 1.82) is 0 Å². The van der Waals surface area contributed by atoms with E-state index in [1.807, 2.05) is 53.7 Å². The summed E-state index contributed by atoms with van der Waals surface area (Å²) in [6.45, 7) is 4.83. The number of aliphatic hydroxyl groups excluding tert-OH is 1. The number of aliphatic hydroxyl groups is 1. The fourth-order valence-corrected chi connectivity index (χ4v) is 2.82. The van der Waals surface area contributed by atoms with E-state index in [0.717, 1.165) is 34.5 Å². The van der Waals surface area contributed by atoms with Gasteiger partial charge in [-0.05, 0) is 26.0 Å². The van der Waals surface area contributed by atoms with Crippen molar-refractivity contribution in [3.8, 4) is 0 Å². The van der Waals surface area contributed by atoms with Crippen LogP contribution in [0.25, 0.3) is 10.9 Å². The van der Waals surface area contributed by atoms with E-state index < -0.39 is 6.10 Å². The Hall–Kier alpha value is -2.14. The molecule has 0 radical (unpaired) electrons. The van der Waals surface area contributed by atoms with Crippen LogP contribution in [0.5, 0.6) is 0 Å². The van der Waals surface area contributed by atoms with E-state index in [9.17, 15) is 5.11 Å². The molecule has 1 atom stereocenters. The van der Waals surface area contributed by atoms with Crippen LogP contribution in [0.2, 0.25) is 0 Å². The molecule has 1 unspecified atom stereocenters. The first kappa shape index (κ1) is 13.8. The van der Waals surface area contributed by atoms with E-state index in [1.54, 1.807) is 0 Å². The van der Waals surface area contributed by atoms with E-state index in [0.29, 0.717) is 6.42 Å². The van der Waals surface area contributed by atoms with Crippen LogP contribution in [0.4, 0.5) is 0 Å². The molecule has 0 spiro atoms. The molecule has 0 aliphatic carbocycles. The zero-order valence-corrected chi connectivity index (χ0v) is 12.6. The summed E-state index contributed by atoms with van der Waals surface area (Å²) >= 11 is 0. The SMILES string of the molecule is CCn1nc(C)cc1CC(O)c1nn(C)c2ccccc12. The van der Waals surface area contributed by atoms with Gasteiger partial charge in [-0.25, -0.2) is 0 Å². The third-order valence-electron chi connectivity index (χ3n) is 3.79. The fourth-order valence-electron chi connectivity index (χ4n) is 2.82. The van der Waals surface area contributed by atoms with Gasteiger partial charge in [-0.1, -0.05) is 18.2 Å². The normalized spacial score (nSPS) is 13.0. The van der Waals surface area contributed by atoms with Crippen molar-refractivity contribution in [2.75, 3.05) is 0 Å². The van der Waals surface area contributed by atoms with E-state index in [-0.39, 0.29) is 0 Å². The van der Waals surface area contributed by atoms with Gasteiger partial charge in [0.15, 0.2) is 0 Å². The number of rotatable bonds is 4. The number of hydrogen-bond donors (Lipinski definition) is 1. The Labute approximate surface area is 123 Å². The molecule has 3 rings (SSSR count). The highest BCUT2D eigenvalue weighted by atomic mass is 16.3. The molecule has 0 aliphatic rings. The van der Waals surface area contributed by atoms with Crippen molar-refractivity contribution in [2.45, 2.75) is 32.9 Å². The number of fused-ring (bicyclic) bond motifs is 1. The molecule has 0 fully saturated rings. The number of hydrogen-bond acceptors (Lipinski definition) is 3. The molecule has 0 aliphatic heterocycles. The van der Waals surface area contributed by atoms with Crippen LogP contribution in [-0.4, -0.2) is 24.7 Å². The molecule has 5 nitrogen and oxygen atoms in total. The van der Waals surface area contributed by atoms with Gasteiger partial charge in [-0.15, -0.1) is 0 Å². The first-order valence-corrected chi connectivity index (χ1v) is 7.23. The molecule has 0 amide bonds. The number of aromatic nitrogens is 4. The lowest BCUT2D eigenvalue weighted by Crippen LogP contribution is -2.09. The second kappa shape index (κ2) is 5.33. The Morgan fingerprint density at radius 2 is 2.00 bits per heavy atom. The number of aryl methyl sites for hydroxylation is 3. The van der Waals surface area contributed by atoms with Crippen molar-refractivity contribution < 1.29 is 5.11 Å². The van der Waals surface area contributed by atoms with Crippen LogP contribution >= 0.6 is 0 Å². The van der Waals surface area contributed by atoms with Gasteiger partial charge in [0.1, 0.15) is 6.10 Å². The van der Waals surface area contributed by atoms with Crippen molar-refractivity contribution in [2.24, 2.45) is 7.05 Å².